The average molecular weight is 638 g/mol. The molecule has 0 saturated heterocycles. The number of rotatable bonds is 36. The summed E-state index contributed by atoms with van der Waals surface area (Å²) in [7, 11) is 0. The first-order valence-corrected chi connectivity index (χ1v) is 20.0. The van der Waals surface area contributed by atoms with Crippen LogP contribution in [0.5, 0.6) is 0 Å². The number of aliphatic hydroxyl groups is 3. The summed E-state index contributed by atoms with van der Waals surface area (Å²) >= 11 is 0. The fourth-order valence-electron chi connectivity index (χ4n) is 6.18. The van der Waals surface area contributed by atoms with Gasteiger partial charge in [0.1, 0.15) is 6.10 Å². The van der Waals surface area contributed by atoms with Crippen molar-refractivity contribution in [3.63, 3.8) is 0 Å². The number of amides is 1. The molecule has 4 N–H and O–H groups in total. The minimum atomic E-state index is -1.07. The smallest absolute Gasteiger partial charge is 0.249 e. The van der Waals surface area contributed by atoms with Crippen LogP contribution in [0.15, 0.2) is 12.2 Å². The van der Waals surface area contributed by atoms with Crippen LogP contribution in [0, 0.1) is 0 Å². The Labute approximate surface area is 280 Å². The summed E-state index contributed by atoms with van der Waals surface area (Å²) in [5.41, 5.74) is 0. The summed E-state index contributed by atoms with van der Waals surface area (Å²) in [4.78, 5) is 12.4. The molecule has 5 nitrogen and oxygen atoms in total. The second-order valence-corrected chi connectivity index (χ2v) is 13.8. The van der Waals surface area contributed by atoms with Gasteiger partial charge in [-0.3, -0.25) is 4.79 Å². The highest BCUT2D eigenvalue weighted by Crippen LogP contribution is 2.15. The Bertz CT molecular complexity index is 625. The van der Waals surface area contributed by atoms with Crippen LogP contribution in [0.25, 0.3) is 0 Å². The van der Waals surface area contributed by atoms with Gasteiger partial charge in [0.05, 0.1) is 18.8 Å². The van der Waals surface area contributed by atoms with E-state index in [2.05, 4.69) is 31.3 Å². The van der Waals surface area contributed by atoms with Crippen LogP contribution >= 0.6 is 0 Å². The molecule has 268 valence electrons. The number of allylic oxidation sites excluding steroid dienone is 2. The summed E-state index contributed by atoms with van der Waals surface area (Å²) in [6.07, 6.45) is 40.7. The summed E-state index contributed by atoms with van der Waals surface area (Å²) in [6.45, 7) is 4.20. The topological polar surface area (TPSA) is 89.8 Å². The molecule has 0 bridgehead atoms. The third-order valence-corrected chi connectivity index (χ3v) is 9.38. The predicted octanol–water partition coefficient (Wildman–Crippen LogP) is 10.9. The van der Waals surface area contributed by atoms with E-state index in [1.54, 1.807) is 0 Å². The summed E-state index contributed by atoms with van der Waals surface area (Å²) in [5.74, 6) is -0.476. The quantitative estimate of drug-likeness (QED) is 0.0406. The standard InChI is InChI=1S/C40H79NO4/c1-3-5-7-9-11-13-14-15-16-17-18-19-20-21-22-23-24-25-27-29-31-33-35-39(44)40(45)41-37(36-42)38(43)34-32-30-28-26-12-10-8-6-4-2/h21-22,37-39,42-44H,3-20,23-36H2,1-2H3,(H,41,45)/b22-21-. The third kappa shape index (κ3) is 31.5. The van der Waals surface area contributed by atoms with Crippen LogP contribution in [-0.4, -0.2) is 46.1 Å². The van der Waals surface area contributed by atoms with Gasteiger partial charge in [0.25, 0.3) is 0 Å². The molecular weight excluding hydrogens is 558 g/mol. The Morgan fingerprint density at radius 2 is 0.844 bits per heavy atom. The number of unbranched alkanes of at least 4 members (excludes halogenated alkanes) is 26. The molecular formula is C40H79NO4. The monoisotopic (exact) mass is 638 g/mol. The average Bonchev–Trinajstić information content (AvgIpc) is 3.04. The molecule has 0 aromatic heterocycles. The van der Waals surface area contributed by atoms with Gasteiger partial charge in [0, 0.05) is 0 Å². The Kier molecular flexibility index (Phi) is 35.2. The van der Waals surface area contributed by atoms with E-state index in [0.29, 0.717) is 12.8 Å². The van der Waals surface area contributed by atoms with Crippen molar-refractivity contribution in [2.75, 3.05) is 6.61 Å². The fraction of sp³-hybridized carbons (Fsp3) is 0.925. The van der Waals surface area contributed by atoms with Crippen molar-refractivity contribution in [3.8, 4) is 0 Å². The van der Waals surface area contributed by atoms with Crippen molar-refractivity contribution in [2.45, 2.75) is 231 Å². The molecule has 0 heterocycles. The van der Waals surface area contributed by atoms with Crippen LogP contribution in [0.3, 0.4) is 0 Å². The van der Waals surface area contributed by atoms with E-state index in [-0.39, 0.29) is 6.61 Å². The number of carbonyl (C=O) groups is 1. The lowest BCUT2D eigenvalue weighted by molar-refractivity contribution is -0.131. The first-order chi connectivity index (χ1) is 22.1. The number of carbonyl (C=O) groups excluding carboxylic acids is 1. The maximum Gasteiger partial charge on any atom is 0.249 e. The van der Waals surface area contributed by atoms with Gasteiger partial charge in [0.2, 0.25) is 5.91 Å². The molecule has 0 saturated carbocycles. The van der Waals surface area contributed by atoms with Crippen LogP contribution < -0.4 is 5.32 Å². The highest BCUT2D eigenvalue weighted by Gasteiger charge is 2.23. The van der Waals surface area contributed by atoms with Crippen LogP contribution in [0.1, 0.15) is 213 Å². The zero-order valence-corrected chi connectivity index (χ0v) is 30.3. The predicted molar refractivity (Wildman–Crippen MR) is 195 cm³/mol. The Hall–Kier alpha value is -0.910. The zero-order valence-electron chi connectivity index (χ0n) is 30.3. The molecule has 3 unspecified atom stereocenters. The molecule has 0 aromatic rings. The lowest BCUT2D eigenvalue weighted by atomic mass is 10.0. The molecule has 5 heteroatoms. The van der Waals surface area contributed by atoms with Crippen molar-refractivity contribution in [3.05, 3.63) is 12.2 Å². The molecule has 0 fully saturated rings. The lowest BCUT2D eigenvalue weighted by Gasteiger charge is -2.23. The van der Waals surface area contributed by atoms with Gasteiger partial charge in [-0.15, -0.1) is 0 Å². The molecule has 45 heavy (non-hydrogen) atoms. The summed E-state index contributed by atoms with van der Waals surface area (Å²) in [5, 5.41) is 33.1. The van der Waals surface area contributed by atoms with Gasteiger partial charge in [-0.05, 0) is 38.5 Å². The lowest BCUT2D eigenvalue weighted by Crippen LogP contribution is -2.49. The molecule has 0 rings (SSSR count). The van der Waals surface area contributed by atoms with E-state index in [9.17, 15) is 20.1 Å². The van der Waals surface area contributed by atoms with E-state index in [1.807, 2.05) is 0 Å². The highest BCUT2D eigenvalue weighted by atomic mass is 16.3. The molecule has 0 spiro atoms. The largest absolute Gasteiger partial charge is 0.394 e. The van der Waals surface area contributed by atoms with Gasteiger partial charge >= 0.3 is 0 Å². The second kappa shape index (κ2) is 35.9. The number of nitrogens with one attached hydrogen (secondary N) is 1. The maximum absolute atomic E-state index is 12.4. The van der Waals surface area contributed by atoms with Gasteiger partial charge in [-0.2, -0.15) is 0 Å². The second-order valence-electron chi connectivity index (χ2n) is 13.8. The zero-order chi connectivity index (χ0) is 33.1. The third-order valence-electron chi connectivity index (χ3n) is 9.38. The Balaban J connectivity index is 3.59. The molecule has 0 aromatic carbocycles. The Morgan fingerprint density at radius 1 is 0.511 bits per heavy atom. The molecule has 0 aliphatic carbocycles. The van der Waals surface area contributed by atoms with Gasteiger partial charge in [-0.1, -0.05) is 187 Å². The van der Waals surface area contributed by atoms with Crippen molar-refractivity contribution in [1.29, 1.82) is 0 Å². The van der Waals surface area contributed by atoms with E-state index < -0.39 is 24.2 Å². The van der Waals surface area contributed by atoms with Crippen molar-refractivity contribution in [1.82, 2.24) is 5.32 Å². The first kappa shape index (κ1) is 44.1. The highest BCUT2D eigenvalue weighted by molar-refractivity contribution is 5.80. The molecule has 0 radical (unpaired) electrons. The van der Waals surface area contributed by atoms with Crippen LogP contribution in [0.2, 0.25) is 0 Å². The SMILES string of the molecule is CCCCCCCCCCCCCC/C=C\CCCCCCCCC(O)C(=O)NC(CO)C(O)CCCCCCCCCCC. The molecule has 0 aliphatic rings. The van der Waals surface area contributed by atoms with E-state index in [4.69, 9.17) is 0 Å². The van der Waals surface area contributed by atoms with E-state index >= 15 is 0 Å². The maximum atomic E-state index is 12.4. The Morgan fingerprint density at radius 3 is 1.22 bits per heavy atom. The van der Waals surface area contributed by atoms with Crippen molar-refractivity contribution >= 4 is 5.91 Å². The number of aliphatic hydroxyl groups excluding tert-OH is 3. The molecule has 0 aliphatic heterocycles. The summed E-state index contributed by atoms with van der Waals surface area (Å²) < 4.78 is 0. The number of hydrogen-bond acceptors (Lipinski definition) is 4. The minimum absolute atomic E-state index is 0.314. The number of hydrogen-bond donors (Lipinski definition) is 4. The van der Waals surface area contributed by atoms with Crippen LogP contribution in [0.4, 0.5) is 0 Å². The first-order valence-electron chi connectivity index (χ1n) is 20.0. The summed E-state index contributed by atoms with van der Waals surface area (Å²) in [6, 6.07) is -0.709. The minimum Gasteiger partial charge on any atom is -0.394 e. The molecule has 1 amide bonds. The van der Waals surface area contributed by atoms with Crippen molar-refractivity contribution in [2.24, 2.45) is 0 Å². The van der Waals surface area contributed by atoms with E-state index in [1.165, 1.54) is 154 Å². The van der Waals surface area contributed by atoms with Gasteiger partial charge in [-0.25, -0.2) is 0 Å². The van der Waals surface area contributed by atoms with Crippen molar-refractivity contribution < 1.29 is 20.1 Å². The van der Waals surface area contributed by atoms with E-state index in [0.717, 1.165) is 32.1 Å². The van der Waals surface area contributed by atoms with Gasteiger partial charge < -0.3 is 20.6 Å². The van der Waals surface area contributed by atoms with Crippen LogP contribution in [-0.2, 0) is 4.79 Å². The fourth-order valence-corrected chi connectivity index (χ4v) is 6.18. The van der Waals surface area contributed by atoms with Gasteiger partial charge in [0.15, 0.2) is 0 Å². The molecule has 3 atom stereocenters. The normalized spacial score (nSPS) is 13.8.